The van der Waals surface area contributed by atoms with Crippen LogP contribution in [0.2, 0.25) is 0 Å². The summed E-state index contributed by atoms with van der Waals surface area (Å²) in [6.45, 7) is 0. The number of rotatable bonds is 4. The summed E-state index contributed by atoms with van der Waals surface area (Å²) in [5, 5.41) is 13.1. The quantitative estimate of drug-likeness (QED) is 0.643. The van der Waals surface area contributed by atoms with Crippen molar-refractivity contribution in [1.82, 2.24) is 15.2 Å². The van der Waals surface area contributed by atoms with Gasteiger partial charge in [0.25, 0.3) is 0 Å². The lowest BCUT2D eigenvalue weighted by Gasteiger charge is -2.11. The Morgan fingerprint density at radius 1 is 1.07 bits per heavy atom. The fourth-order valence-corrected chi connectivity index (χ4v) is 2.90. The van der Waals surface area contributed by atoms with E-state index < -0.39 is 23.6 Å². The highest BCUT2D eigenvalue weighted by atomic mass is 32.1. The fraction of sp³-hybridized carbons (Fsp3) is 0.125. The zero-order valence-corrected chi connectivity index (χ0v) is 14.2. The number of nitrogens with one attached hydrogen (secondary N) is 2. The molecule has 0 bridgehead atoms. The molecular weight excluding hydrogens is 386 g/mol. The van der Waals surface area contributed by atoms with E-state index in [0.717, 1.165) is 23.0 Å². The van der Waals surface area contributed by atoms with Gasteiger partial charge < -0.3 is 5.32 Å². The Kier molecular flexibility index (Phi) is 5.31. The summed E-state index contributed by atoms with van der Waals surface area (Å²) in [5.74, 6) is -1.42. The molecule has 6 nitrogen and oxygen atoms in total. The second kappa shape index (κ2) is 7.66. The maximum absolute atomic E-state index is 13.3. The van der Waals surface area contributed by atoms with Gasteiger partial charge in [-0.3, -0.25) is 10.3 Å². The number of hydrogen-bond donors (Lipinski definition) is 2. The minimum Gasteiger partial charge on any atom is -0.308 e. The number of carbonyl (C=O) groups is 1. The van der Waals surface area contributed by atoms with E-state index in [1.165, 1.54) is 0 Å². The molecule has 2 N–H and O–H groups in total. The Morgan fingerprint density at radius 2 is 1.81 bits per heavy atom. The topological polar surface area (TPSA) is 79.8 Å². The average Bonchev–Trinajstić information content (AvgIpc) is 3.03. The summed E-state index contributed by atoms with van der Waals surface area (Å²) < 4.78 is 51.4. The van der Waals surface area contributed by atoms with Crippen molar-refractivity contribution in [1.29, 1.82) is 0 Å². The summed E-state index contributed by atoms with van der Waals surface area (Å²) in [7, 11) is 0. The van der Waals surface area contributed by atoms with Crippen LogP contribution in [0.3, 0.4) is 0 Å². The van der Waals surface area contributed by atoms with Gasteiger partial charge >= 0.3 is 12.2 Å². The van der Waals surface area contributed by atoms with Crippen LogP contribution in [0.25, 0.3) is 0 Å². The highest BCUT2D eigenvalue weighted by Gasteiger charge is 2.34. The highest BCUT2D eigenvalue weighted by Crippen LogP contribution is 2.33. The monoisotopic (exact) mass is 397 g/mol. The molecule has 3 aromatic rings. The van der Waals surface area contributed by atoms with Gasteiger partial charge in [-0.05, 0) is 35.9 Å². The molecule has 1 aromatic carbocycles. The number of aromatic nitrogens is 3. The van der Waals surface area contributed by atoms with E-state index in [1.54, 1.807) is 12.4 Å². The number of hydrogen-bond acceptors (Lipinski definition) is 5. The molecule has 0 aliphatic heterocycles. The Morgan fingerprint density at radius 3 is 2.52 bits per heavy atom. The molecule has 0 saturated carbocycles. The molecule has 0 radical (unpaired) electrons. The van der Waals surface area contributed by atoms with Crippen molar-refractivity contribution in [3.63, 3.8) is 0 Å². The first-order valence-electron chi connectivity index (χ1n) is 7.47. The van der Waals surface area contributed by atoms with Crippen LogP contribution in [0.1, 0.15) is 16.1 Å². The first kappa shape index (κ1) is 18.7. The summed E-state index contributed by atoms with van der Waals surface area (Å²) in [5.41, 5.74) is -0.707. The third-order valence-corrected chi connectivity index (χ3v) is 4.16. The predicted molar refractivity (Wildman–Crippen MR) is 91.0 cm³/mol. The fourth-order valence-electron chi connectivity index (χ4n) is 2.13. The minimum absolute atomic E-state index is 0.176. The Bertz CT molecular complexity index is 945. The van der Waals surface area contributed by atoms with Gasteiger partial charge in [0.05, 0.1) is 5.56 Å². The number of urea groups is 1. The van der Waals surface area contributed by atoms with Crippen molar-refractivity contribution in [2.75, 3.05) is 10.6 Å². The number of amides is 2. The van der Waals surface area contributed by atoms with Gasteiger partial charge in [0.1, 0.15) is 10.8 Å². The normalized spacial score (nSPS) is 11.3. The Balaban J connectivity index is 1.63. The molecule has 0 unspecified atom stereocenters. The van der Waals surface area contributed by atoms with Crippen molar-refractivity contribution in [3.8, 4) is 0 Å². The van der Waals surface area contributed by atoms with Gasteiger partial charge in [-0.25, -0.2) is 9.18 Å². The van der Waals surface area contributed by atoms with Crippen LogP contribution in [0.15, 0.2) is 42.7 Å². The van der Waals surface area contributed by atoms with Crippen LogP contribution in [0, 0.1) is 5.82 Å². The molecule has 2 aromatic heterocycles. The van der Waals surface area contributed by atoms with Crippen LogP contribution in [-0.2, 0) is 12.6 Å². The summed E-state index contributed by atoms with van der Waals surface area (Å²) >= 11 is 1.12. The largest absolute Gasteiger partial charge is 0.419 e. The first-order chi connectivity index (χ1) is 12.8. The van der Waals surface area contributed by atoms with Crippen LogP contribution in [0.4, 0.5) is 33.2 Å². The van der Waals surface area contributed by atoms with Crippen LogP contribution >= 0.6 is 11.3 Å². The maximum atomic E-state index is 13.3. The Hall–Kier alpha value is -3.08. The third kappa shape index (κ3) is 4.97. The molecule has 2 heterocycles. The number of anilines is 2. The van der Waals surface area contributed by atoms with E-state index in [4.69, 9.17) is 0 Å². The zero-order valence-electron chi connectivity index (χ0n) is 13.4. The van der Waals surface area contributed by atoms with Crippen LogP contribution < -0.4 is 10.6 Å². The molecule has 0 aliphatic carbocycles. The summed E-state index contributed by atoms with van der Waals surface area (Å²) in [6.07, 6.45) is -1.09. The number of carbonyl (C=O) groups excluding carboxylic acids is 1. The average molecular weight is 397 g/mol. The van der Waals surface area contributed by atoms with E-state index >= 15 is 0 Å². The van der Waals surface area contributed by atoms with Gasteiger partial charge in [-0.15, -0.1) is 10.2 Å². The molecule has 0 fully saturated rings. The predicted octanol–water partition coefficient (Wildman–Crippen LogP) is 4.33. The lowest BCUT2D eigenvalue weighted by Crippen LogP contribution is -2.20. The molecule has 27 heavy (non-hydrogen) atoms. The smallest absolute Gasteiger partial charge is 0.308 e. The number of alkyl halides is 3. The maximum Gasteiger partial charge on any atom is 0.419 e. The molecule has 3 rings (SSSR count). The van der Waals surface area contributed by atoms with E-state index in [9.17, 15) is 22.4 Å². The van der Waals surface area contributed by atoms with Crippen LogP contribution in [0.5, 0.6) is 0 Å². The van der Waals surface area contributed by atoms with Crippen molar-refractivity contribution in [2.45, 2.75) is 12.6 Å². The van der Waals surface area contributed by atoms with Gasteiger partial charge in [-0.2, -0.15) is 13.2 Å². The lowest BCUT2D eigenvalue weighted by atomic mass is 10.2. The summed E-state index contributed by atoms with van der Waals surface area (Å²) in [4.78, 5) is 15.8. The molecule has 140 valence electrons. The Labute approximate surface area is 154 Å². The molecule has 11 heteroatoms. The van der Waals surface area contributed by atoms with E-state index in [-0.39, 0.29) is 10.8 Å². The van der Waals surface area contributed by atoms with Crippen molar-refractivity contribution in [3.05, 3.63) is 64.7 Å². The van der Waals surface area contributed by atoms with Gasteiger partial charge in [-0.1, -0.05) is 11.3 Å². The molecule has 0 spiro atoms. The van der Waals surface area contributed by atoms with E-state index in [2.05, 4.69) is 25.8 Å². The standard InChI is InChI=1S/C16H11F4N5OS/c17-12-2-1-10(8-11(12)16(18,19)20)22-14(26)23-15-25-24-13(27-15)7-9-3-5-21-6-4-9/h1-6,8H,7H2,(H2,22,23,25,26). The number of nitrogens with zero attached hydrogens (tertiary/aromatic N) is 3. The molecular formula is C16H11F4N5OS. The van der Waals surface area contributed by atoms with Gasteiger partial charge in [0, 0.05) is 24.5 Å². The molecule has 0 atom stereocenters. The number of halogens is 4. The van der Waals surface area contributed by atoms with E-state index in [1.807, 2.05) is 12.1 Å². The second-order valence-corrected chi connectivity index (χ2v) is 6.37. The second-order valence-electron chi connectivity index (χ2n) is 5.30. The van der Waals surface area contributed by atoms with Crippen LogP contribution in [-0.4, -0.2) is 21.2 Å². The number of benzene rings is 1. The summed E-state index contributed by atoms with van der Waals surface area (Å²) in [6, 6.07) is 4.99. The van der Waals surface area contributed by atoms with Gasteiger partial charge in [0.2, 0.25) is 5.13 Å². The SMILES string of the molecule is O=C(Nc1ccc(F)c(C(F)(F)F)c1)Nc1nnc(Cc2ccncc2)s1. The zero-order chi connectivity index (χ0) is 19.4. The van der Waals surface area contributed by atoms with Crippen molar-refractivity contribution in [2.24, 2.45) is 0 Å². The lowest BCUT2D eigenvalue weighted by molar-refractivity contribution is -0.139. The first-order valence-corrected chi connectivity index (χ1v) is 8.29. The van der Waals surface area contributed by atoms with Crippen molar-refractivity contribution < 1.29 is 22.4 Å². The molecule has 2 amide bonds. The van der Waals surface area contributed by atoms with Crippen molar-refractivity contribution >= 4 is 28.2 Å². The molecule has 0 aliphatic rings. The number of pyridine rings is 1. The van der Waals surface area contributed by atoms with Gasteiger partial charge in [0.15, 0.2) is 0 Å². The third-order valence-electron chi connectivity index (χ3n) is 3.32. The highest BCUT2D eigenvalue weighted by molar-refractivity contribution is 7.15. The minimum atomic E-state index is -4.86. The molecule has 0 saturated heterocycles. The van der Waals surface area contributed by atoms with E-state index in [0.29, 0.717) is 23.6 Å².